The fourth-order valence-electron chi connectivity index (χ4n) is 3.96. The largest absolute Gasteiger partial charge is 0.481 e. The predicted octanol–water partition coefficient (Wildman–Crippen LogP) is 7.84. The molecule has 6 heteroatoms. The zero-order valence-corrected chi connectivity index (χ0v) is 21.6. The van der Waals surface area contributed by atoms with Gasteiger partial charge in [-0.25, -0.2) is 0 Å². The number of hydrogen-bond donors (Lipinski definition) is 2. The maximum Gasteiger partial charge on any atom is 0.306 e. The minimum absolute atomic E-state index is 0.0346. The third kappa shape index (κ3) is 24.8. The van der Waals surface area contributed by atoms with E-state index in [1.165, 1.54) is 19.3 Å². The van der Waals surface area contributed by atoms with E-state index < -0.39 is 11.9 Å². The smallest absolute Gasteiger partial charge is 0.306 e. The lowest BCUT2D eigenvalue weighted by Crippen LogP contribution is -2.17. The topological polar surface area (TPSA) is 101 Å². The van der Waals surface area contributed by atoms with Crippen molar-refractivity contribution in [3.05, 3.63) is 12.2 Å². The molecule has 0 radical (unpaired) electrons. The van der Waals surface area contributed by atoms with E-state index in [1.807, 2.05) is 0 Å². The Balaban J connectivity index is 4.01. The van der Waals surface area contributed by atoms with Gasteiger partial charge in [0, 0.05) is 25.7 Å². The van der Waals surface area contributed by atoms with Gasteiger partial charge in [-0.2, -0.15) is 0 Å². The molecule has 0 rings (SSSR count). The molecular weight excluding hydrogens is 432 g/mol. The number of carboxylic acids is 2. The van der Waals surface area contributed by atoms with Gasteiger partial charge >= 0.3 is 17.9 Å². The minimum atomic E-state index is -0.730. The van der Waals surface area contributed by atoms with Crippen LogP contribution in [0.1, 0.15) is 142 Å². The van der Waals surface area contributed by atoms with Crippen LogP contribution in [-0.4, -0.2) is 34.2 Å². The van der Waals surface area contributed by atoms with Gasteiger partial charge in [-0.15, -0.1) is 0 Å². The summed E-state index contributed by atoms with van der Waals surface area (Å²) in [4.78, 5) is 33.3. The van der Waals surface area contributed by atoms with Gasteiger partial charge in [0.2, 0.25) is 0 Å². The summed E-state index contributed by atoms with van der Waals surface area (Å²) in [6, 6.07) is 0. The van der Waals surface area contributed by atoms with Crippen molar-refractivity contribution >= 4 is 17.9 Å². The van der Waals surface area contributed by atoms with E-state index in [1.54, 1.807) is 0 Å². The molecule has 1 atom stereocenters. The van der Waals surface area contributed by atoms with Gasteiger partial charge in [-0.05, 0) is 44.9 Å². The van der Waals surface area contributed by atoms with E-state index in [4.69, 9.17) is 14.9 Å². The Morgan fingerprint density at radius 2 is 1.15 bits per heavy atom. The fraction of sp³-hybridized carbons (Fsp3) is 0.821. The summed E-state index contributed by atoms with van der Waals surface area (Å²) < 4.78 is 5.79. The van der Waals surface area contributed by atoms with Crippen molar-refractivity contribution in [1.29, 1.82) is 0 Å². The molecular formula is C28H50O6. The Hall–Kier alpha value is -1.85. The van der Waals surface area contributed by atoms with Gasteiger partial charge in [-0.1, -0.05) is 83.3 Å². The number of rotatable bonds is 25. The van der Waals surface area contributed by atoms with Crippen molar-refractivity contribution in [2.45, 2.75) is 148 Å². The zero-order chi connectivity index (χ0) is 25.3. The Labute approximate surface area is 207 Å². The standard InChI is InChI=1S/C28H50O6/c1-2-3-4-15-20-25(21-16-11-7-5-6-8-12-17-22-26(29)30)34-28(33)24-19-14-10-9-13-18-23-27(31)32/h11,16,25H,2-10,12-15,17-24H2,1H3,(H,29,30)(H,31,32)/t25-/m1/s1. The molecule has 0 aliphatic heterocycles. The quantitative estimate of drug-likeness (QED) is 0.0781. The maximum atomic E-state index is 12.3. The molecule has 0 amide bonds. The average Bonchev–Trinajstić information content (AvgIpc) is 2.79. The summed E-state index contributed by atoms with van der Waals surface area (Å²) in [5.74, 6) is -1.54. The van der Waals surface area contributed by atoms with Crippen LogP contribution in [0.4, 0.5) is 0 Å². The highest BCUT2D eigenvalue weighted by Gasteiger charge is 2.13. The number of unbranched alkanes of at least 4 members (excludes halogenated alkanes) is 13. The maximum absolute atomic E-state index is 12.3. The predicted molar refractivity (Wildman–Crippen MR) is 137 cm³/mol. The van der Waals surface area contributed by atoms with Gasteiger partial charge < -0.3 is 14.9 Å². The third-order valence-electron chi connectivity index (χ3n) is 6.03. The first-order valence-electron chi connectivity index (χ1n) is 13.7. The van der Waals surface area contributed by atoms with Crippen LogP contribution in [0, 0.1) is 0 Å². The van der Waals surface area contributed by atoms with Crippen LogP contribution in [0.15, 0.2) is 12.2 Å². The molecule has 0 saturated carbocycles. The molecule has 0 bridgehead atoms. The highest BCUT2D eigenvalue weighted by molar-refractivity contribution is 5.69. The normalized spacial score (nSPS) is 12.1. The monoisotopic (exact) mass is 482 g/mol. The molecule has 0 unspecified atom stereocenters. The van der Waals surface area contributed by atoms with Crippen LogP contribution < -0.4 is 0 Å². The van der Waals surface area contributed by atoms with E-state index >= 15 is 0 Å². The number of carboxylic acid groups (broad SMARTS) is 2. The van der Waals surface area contributed by atoms with E-state index in [-0.39, 0.29) is 24.9 Å². The molecule has 0 aromatic heterocycles. The van der Waals surface area contributed by atoms with E-state index in [0.29, 0.717) is 6.42 Å². The number of esters is 1. The summed E-state index contributed by atoms with van der Waals surface area (Å²) >= 11 is 0. The molecule has 198 valence electrons. The van der Waals surface area contributed by atoms with Gasteiger partial charge in [0.25, 0.3) is 0 Å². The molecule has 0 saturated heterocycles. The molecule has 0 aromatic carbocycles. The van der Waals surface area contributed by atoms with Gasteiger partial charge in [0.1, 0.15) is 6.10 Å². The first-order chi connectivity index (χ1) is 16.5. The molecule has 0 aromatic rings. The van der Waals surface area contributed by atoms with Crippen LogP contribution in [0.2, 0.25) is 0 Å². The summed E-state index contributed by atoms with van der Waals surface area (Å²) in [5.41, 5.74) is 0. The Kier molecular flexibility index (Phi) is 23.0. The summed E-state index contributed by atoms with van der Waals surface area (Å²) in [5, 5.41) is 17.3. The Bertz CT molecular complexity index is 543. The second-order valence-corrected chi connectivity index (χ2v) is 9.38. The number of aliphatic carboxylic acids is 2. The van der Waals surface area contributed by atoms with Crippen molar-refractivity contribution in [2.24, 2.45) is 0 Å². The summed E-state index contributed by atoms with van der Waals surface area (Å²) in [7, 11) is 0. The molecule has 0 aliphatic carbocycles. The first-order valence-corrected chi connectivity index (χ1v) is 13.7. The van der Waals surface area contributed by atoms with E-state index in [2.05, 4.69) is 19.1 Å². The van der Waals surface area contributed by atoms with Crippen molar-refractivity contribution in [3.8, 4) is 0 Å². The molecule has 6 nitrogen and oxygen atoms in total. The second kappa shape index (κ2) is 24.3. The molecule has 0 aliphatic rings. The molecule has 0 fully saturated rings. The lowest BCUT2D eigenvalue weighted by Gasteiger charge is -2.16. The van der Waals surface area contributed by atoms with Crippen molar-refractivity contribution < 1.29 is 29.3 Å². The SMILES string of the molecule is CCCCCC[C@H](CC=CCCCCCCCC(=O)O)OC(=O)CCCCCCCCC(=O)O. The van der Waals surface area contributed by atoms with Crippen molar-refractivity contribution in [2.75, 3.05) is 0 Å². The molecule has 0 spiro atoms. The second-order valence-electron chi connectivity index (χ2n) is 9.38. The molecule has 2 N–H and O–H groups in total. The Morgan fingerprint density at radius 1 is 0.647 bits per heavy atom. The van der Waals surface area contributed by atoms with Crippen LogP contribution in [0.3, 0.4) is 0 Å². The number of carbonyl (C=O) groups is 3. The van der Waals surface area contributed by atoms with Gasteiger partial charge in [-0.3, -0.25) is 14.4 Å². The highest BCUT2D eigenvalue weighted by Crippen LogP contribution is 2.15. The third-order valence-corrected chi connectivity index (χ3v) is 6.03. The van der Waals surface area contributed by atoms with Gasteiger partial charge in [0.05, 0.1) is 0 Å². The highest BCUT2D eigenvalue weighted by atomic mass is 16.5. The zero-order valence-electron chi connectivity index (χ0n) is 21.6. The lowest BCUT2D eigenvalue weighted by molar-refractivity contribution is -0.149. The van der Waals surface area contributed by atoms with Crippen LogP contribution >= 0.6 is 0 Å². The summed E-state index contributed by atoms with van der Waals surface area (Å²) in [6.45, 7) is 2.19. The lowest BCUT2D eigenvalue weighted by atomic mass is 10.1. The van der Waals surface area contributed by atoms with E-state index in [0.717, 1.165) is 96.3 Å². The van der Waals surface area contributed by atoms with E-state index in [9.17, 15) is 14.4 Å². The fourth-order valence-corrected chi connectivity index (χ4v) is 3.96. The minimum Gasteiger partial charge on any atom is -0.481 e. The van der Waals surface area contributed by atoms with Crippen LogP contribution in [-0.2, 0) is 19.1 Å². The van der Waals surface area contributed by atoms with Crippen LogP contribution in [0.25, 0.3) is 0 Å². The van der Waals surface area contributed by atoms with Crippen molar-refractivity contribution in [1.82, 2.24) is 0 Å². The van der Waals surface area contributed by atoms with Crippen LogP contribution in [0.5, 0.6) is 0 Å². The number of hydrogen-bond acceptors (Lipinski definition) is 4. The summed E-state index contributed by atoms with van der Waals surface area (Å²) in [6.07, 6.45) is 23.3. The first kappa shape index (κ1) is 32.1. The molecule has 34 heavy (non-hydrogen) atoms. The average molecular weight is 483 g/mol. The number of carbonyl (C=O) groups excluding carboxylic acids is 1. The Morgan fingerprint density at radius 3 is 1.71 bits per heavy atom. The molecule has 0 heterocycles. The number of allylic oxidation sites excluding steroid dienone is 1. The van der Waals surface area contributed by atoms with Gasteiger partial charge in [0.15, 0.2) is 0 Å². The van der Waals surface area contributed by atoms with Crippen molar-refractivity contribution in [3.63, 3.8) is 0 Å². The number of ether oxygens (including phenoxy) is 1.